The van der Waals surface area contributed by atoms with Gasteiger partial charge < -0.3 is 14.6 Å². The van der Waals surface area contributed by atoms with Gasteiger partial charge in [0.1, 0.15) is 5.75 Å². The highest BCUT2D eigenvalue weighted by molar-refractivity contribution is 5.75. The standard InChI is InChI=1S/C21H23N3O3/c1-26-18-12-10-16(11-13-18)8-5-9-20(25)22-15-21-23-19(24-27-21)14-17-6-3-2-4-7-17/h2-4,6-7,10-13H,5,8-9,14-15H2,1H3,(H,22,25). The molecule has 6 heteroatoms. The summed E-state index contributed by atoms with van der Waals surface area (Å²) in [4.78, 5) is 16.3. The van der Waals surface area contributed by atoms with Crippen molar-refractivity contribution in [1.82, 2.24) is 15.5 Å². The maximum absolute atomic E-state index is 12.0. The van der Waals surface area contributed by atoms with Gasteiger partial charge in [0.15, 0.2) is 5.82 Å². The summed E-state index contributed by atoms with van der Waals surface area (Å²) in [5, 5.41) is 6.78. The minimum Gasteiger partial charge on any atom is -0.497 e. The van der Waals surface area contributed by atoms with E-state index in [0.29, 0.717) is 24.6 Å². The number of benzene rings is 2. The lowest BCUT2D eigenvalue weighted by molar-refractivity contribution is -0.121. The molecular formula is C21H23N3O3. The Bertz CT molecular complexity index is 845. The van der Waals surface area contributed by atoms with Gasteiger partial charge in [-0.25, -0.2) is 0 Å². The summed E-state index contributed by atoms with van der Waals surface area (Å²) in [6, 6.07) is 17.8. The molecule has 0 fully saturated rings. The van der Waals surface area contributed by atoms with Crippen molar-refractivity contribution < 1.29 is 14.1 Å². The fraction of sp³-hybridized carbons (Fsp3) is 0.286. The van der Waals surface area contributed by atoms with Crippen LogP contribution in [0.25, 0.3) is 0 Å². The number of rotatable bonds is 9. The Labute approximate surface area is 158 Å². The fourth-order valence-electron chi connectivity index (χ4n) is 2.72. The summed E-state index contributed by atoms with van der Waals surface area (Å²) >= 11 is 0. The number of aryl methyl sites for hydroxylation is 1. The Morgan fingerprint density at radius 2 is 1.85 bits per heavy atom. The molecule has 0 unspecified atom stereocenters. The van der Waals surface area contributed by atoms with Gasteiger partial charge in [0.25, 0.3) is 0 Å². The molecule has 1 amide bonds. The van der Waals surface area contributed by atoms with Crippen LogP contribution in [0.2, 0.25) is 0 Å². The first-order valence-electron chi connectivity index (χ1n) is 8.98. The van der Waals surface area contributed by atoms with Gasteiger partial charge in [0.2, 0.25) is 11.8 Å². The molecule has 3 rings (SSSR count). The Balaban J connectivity index is 1.37. The number of methoxy groups -OCH3 is 1. The zero-order chi connectivity index (χ0) is 18.9. The first kappa shape index (κ1) is 18.6. The molecule has 0 aliphatic carbocycles. The normalized spacial score (nSPS) is 10.6. The third kappa shape index (κ3) is 5.95. The Kier molecular flexibility index (Phi) is 6.57. The highest BCUT2D eigenvalue weighted by Gasteiger charge is 2.09. The zero-order valence-electron chi connectivity index (χ0n) is 15.4. The average Bonchev–Trinajstić information content (AvgIpc) is 3.15. The van der Waals surface area contributed by atoms with Gasteiger partial charge in [-0.1, -0.05) is 47.6 Å². The van der Waals surface area contributed by atoms with Gasteiger partial charge in [0.05, 0.1) is 13.7 Å². The monoisotopic (exact) mass is 365 g/mol. The van der Waals surface area contributed by atoms with Crippen molar-refractivity contribution in [1.29, 1.82) is 0 Å². The van der Waals surface area contributed by atoms with Crippen LogP contribution in [-0.4, -0.2) is 23.2 Å². The number of nitrogens with one attached hydrogen (secondary N) is 1. The topological polar surface area (TPSA) is 77.2 Å². The minimum absolute atomic E-state index is 0.0219. The Morgan fingerprint density at radius 3 is 2.59 bits per heavy atom. The summed E-state index contributed by atoms with van der Waals surface area (Å²) in [6.07, 6.45) is 2.69. The highest BCUT2D eigenvalue weighted by Crippen LogP contribution is 2.13. The molecule has 3 aromatic rings. The average molecular weight is 365 g/mol. The third-order valence-electron chi connectivity index (χ3n) is 4.18. The molecule has 140 valence electrons. The van der Waals surface area contributed by atoms with Crippen LogP contribution in [0.15, 0.2) is 59.1 Å². The van der Waals surface area contributed by atoms with E-state index in [0.717, 1.165) is 24.2 Å². The van der Waals surface area contributed by atoms with Crippen molar-refractivity contribution in [3.05, 3.63) is 77.4 Å². The van der Waals surface area contributed by atoms with Gasteiger partial charge in [-0.15, -0.1) is 0 Å². The lowest BCUT2D eigenvalue weighted by Crippen LogP contribution is -2.22. The van der Waals surface area contributed by atoms with Crippen molar-refractivity contribution in [2.45, 2.75) is 32.2 Å². The van der Waals surface area contributed by atoms with E-state index >= 15 is 0 Å². The number of amides is 1. The van der Waals surface area contributed by atoms with Crippen LogP contribution in [0.5, 0.6) is 5.75 Å². The first-order chi connectivity index (χ1) is 13.2. The number of nitrogens with zero attached hydrogens (tertiary/aromatic N) is 2. The molecule has 27 heavy (non-hydrogen) atoms. The minimum atomic E-state index is -0.0219. The summed E-state index contributed by atoms with van der Waals surface area (Å²) in [7, 11) is 1.65. The van der Waals surface area contributed by atoms with E-state index < -0.39 is 0 Å². The van der Waals surface area contributed by atoms with Crippen LogP contribution in [0.3, 0.4) is 0 Å². The van der Waals surface area contributed by atoms with Gasteiger partial charge in [0, 0.05) is 12.8 Å². The molecule has 2 aromatic carbocycles. The van der Waals surface area contributed by atoms with Crippen molar-refractivity contribution in [2.24, 2.45) is 0 Å². The SMILES string of the molecule is COc1ccc(CCCC(=O)NCc2nc(Cc3ccccc3)no2)cc1. The smallest absolute Gasteiger partial charge is 0.246 e. The Hall–Kier alpha value is -3.15. The fourth-order valence-corrected chi connectivity index (χ4v) is 2.72. The predicted octanol–water partition coefficient (Wildman–Crippen LogP) is 3.31. The quantitative estimate of drug-likeness (QED) is 0.629. The van der Waals surface area contributed by atoms with Gasteiger partial charge in [-0.3, -0.25) is 4.79 Å². The van der Waals surface area contributed by atoms with Crippen LogP contribution in [0.4, 0.5) is 0 Å². The van der Waals surface area contributed by atoms with Crippen molar-refractivity contribution >= 4 is 5.91 Å². The van der Waals surface area contributed by atoms with Crippen molar-refractivity contribution in [2.75, 3.05) is 7.11 Å². The molecular weight excluding hydrogens is 342 g/mol. The molecule has 0 saturated carbocycles. The summed E-state index contributed by atoms with van der Waals surface area (Å²) in [5.41, 5.74) is 2.30. The van der Waals surface area contributed by atoms with Crippen molar-refractivity contribution in [3.8, 4) is 5.75 Å². The summed E-state index contributed by atoms with van der Waals surface area (Å²) in [5.74, 6) is 1.85. The molecule has 0 radical (unpaired) electrons. The van der Waals surface area contributed by atoms with Gasteiger partial charge in [-0.05, 0) is 36.1 Å². The van der Waals surface area contributed by atoms with Gasteiger partial charge >= 0.3 is 0 Å². The molecule has 6 nitrogen and oxygen atoms in total. The second-order valence-corrected chi connectivity index (χ2v) is 6.25. The number of ether oxygens (including phenoxy) is 1. The van der Waals surface area contributed by atoms with E-state index in [2.05, 4.69) is 15.5 Å². The van der Waals surface area contributed by atoms with E-state index in [1.807, 2.05) is 54.6 Å². The van der Waals surface area contributed by atoms with Gasteiger partial charge in [-0.2, -0.15) is 4.98 Å². The maximum atomic E-state index is 12.0. The Morgan fingerprint density at radius 1 is 1.07 bits per heavy atom. The second kappa shape index (κ2) is 9.52. The largest absolute Gasteiger partial charge is 0.497 e. The molecule has 0 bridgehead atoms. The maximum Gasteiger partial charge on any atom is 0.246 e. The van der Waals surface area contributed by atoms with E-state index in [9.17, 15) is 4.79 Å². The molecule has 1 heterocycles. The number of carbonyl (C=O) groups is 1. The number of hydrogen-bond donors (Lipinski definition) is 1. The number of carbonyl (C=O) groups excluding carboxylic acids is 1. The predicted molar refractivity (Wildman–Crippen MR) is 101 cm³/mol. The lowest BCUT2D eigenvalue weighted by atomic mass is 10.1. The summed E-state index contributed by atoms with van der Waals surface area (Å²) < 4.78 is 10.3. The van der Waals surface area contributed by atoms with E-state index in [1.54, 1.807) is 7.11 Å². The van der Waals surface area contributed by atoms with E-state index in [4.69, 9.17) is 9.26 Å². The molecule has 1 N–H and O–H groups in total. The molecule has 0 spiro atoms. The van der Waals surface area contributed by atoms with Crippen LogP contribution in [-0.2, 0) is 24.2 Å². The molecule has 0 saturated heterocycles. The molecule has 0 aliphatic heterocycles. The molecule has 0 aliphatic rings. The number of hydrogen-bond acceptors (Lipinski definition) is 5. The third-order valence-corrected chi connectivity index (χ3v) is 4.18. The molecule has 1 aromatic heterocycles. The van der Waals surface area contributed by atoms with Crippen LogP contribution in [0, 0.1) is 0 Å². The number of aromatic nitrogens is 2. The second-order valence-electron chi connectivity index (χ2n) is 6.25. The van der Waals surface area contributed by atoms with Crippen LogP contribution >= 0.6 is 0 Å². The lowest BCUT2D eigenvalue weighted by Gasteiger charge is -2.04. The zero-order valence-corrected chi connectivity index (χ0v) is 15.4. The highest BCUT2D eigenvalue weighted by atomic mass is 16.5. The summed E-state index contributed by atoms with van der Waals surface area (Å²) in [6.45, 7) is 0.253. The van der Waals surface area contributed by atoms with E-state index in [-0.39, 0.29) is 12.5 Å². The van der Waals surface area contributed by atoms with Crippen LogP contribution in [0.1, 0.15) is 35.7 Å². The molecule has 0 atom stereocenters. The van der Waals surface area contributed by atoms with E-state index in [1.165, 1.54) is 5.56 Å². The first-order valence-corrected chi connectivity index (χ1v) is 8.98. The van der Waals surface area contributed by atoms with Crippen LogP contribution < -0.4 is 10.1 Å². The van der Waals surface area contributed by atoms with Crippen molar-refractivity contribution in [3.63, 3.8) is 0 Å².